The molecule has 3 atom stereocenters. The highest BCUT2D eigenvalue weighted by molar-refractivity contribution is 6.38. The van der Waals surface area contributed by atoms with E-state index >= 15 is 0 Å². The van der Waals surface area contributed by atoms with Crippen LogP contribution in [0.25, 0.3) is 0 Å². The van der Waals surface area contributed by atoms with Gasteiger partial charge in [0.25, 0.3) is 5.91 Å². The number of amides is 1. The van der Waals surface area contributed by atoms with Crippen LogP contribution in [-0.2, 0) is 16.8 Å². The molecule has 35 heavy (non-hydrogen) atoms. The zero-order valence-electron chi connectivity index (χ0n) is 21.6. The Hall–Kier alpha value is -1.55. The first-order valence-corrected chi connectivity index (χ1v) is 13.9. The zero-order chi connectivity index (χ0) is 25.2. The number of unbranched alkanes of at least 4 members (excludes halogenated alkanes) is 1. The Balaban J connectivity index is 1.54. The van der Waals surface area contributed by atoms with E-state index in [1.54, 1.807) is 0 Å². The molecule has 5 heteroatoms. The summed E-state index contributed by atoms with van der Waals surface area (Å²) in [7, 11) is 0. The summed E-state index contributed by atoms with van der Waals surface area (Å²) in [6, 6.07) is 12.3. The fourth-order valence-electron chi connectivity index (χ4n) is 6.29. The molecule has 1 saturated carbocycles. The predicted octanol–water partition coefficient (Wildman–Crippen LogP) is 8.26. The summed E-state index contributed by atoms with van der Waals surface area (Å²) in [6.07, 6.45) is 5.28. The van der Waals surface area contributed by atoms with Crippen LogP contribution in [0, 0.1) is 11.8 Å². The number of ether oxygens (including phenoxy) is 1. The van der Waals surface area contributed by atoms with Crippen LogP contribution in [0.1, 0.15) is 92.8 Å². The van der Waals surface area contributed by atoms with E-state index in [0.29, 0.717) is 40.7 Å². The first-order valence-electron chi connectivity index (χ1n) is 13.2. The summed E-state index contributed by atoms with van der Waals surface area (Å²) in [6.45, 7) is 11.7. The van der Waals surface area contributed by atoms with E-state index in [9.17, 15) is 4.79 Å². The van der Waals surface area contributed by atoms with E-state index in [-0.39, 0.29) is 17.2 Å². The molecule has 1 amide bonds. The van der Waals surface area contributed by atoms with Crippen LogP contribution in [0.5, 0.6) is 0 Å². The largest absolute Gasteiger partial charge is 0.377 e. The molecule has 190 valence electrons. The Morgan fingerprint density at radius 1 is 1.17 bits per heavy atom. The minimum atomic E-state index is -0.0982. The molecule has 0 aromatic heterocycles. The highest BCUT2D eigenvalue weighted by atomic mass is 35.5. The van der Waals surface area contributed by atoms with Gasteiger partial charge >= 0.3 is 0 Å². The molecule has 0 spiro atoms. The zero-order valence-corrected chi connectivity index (χ0v) is 23.1. The maximum Gasteiger partial charge on any atom is 0.255 e. The number of fused-ring (bicyclic) bond motifs is 3. The SMILES string of the molecule is CC(C)c1c(Cl)cc2c(c1Cl)C(=O)N(CCCCOCc1ccccc1)CC1C(C)CCCC21C. The number of carbonyl (C=O) groups is 1. The van der Waals surface area contributed by atoms with E-state index in [2.05, 4.69) is 50.8 Å². The Labute approximate surface area is 221 Å². The van der Waals surface area contributed by atoms with Gasteiger partial charge in [0, 0.05) is 24.7 Å². The first-order chi connectivity index (χ1) is 16.7. The van der Waals surface area contributed by atoms with Crippen LogP contribution in [0.4, 0.5) is 0 Å². The summed E-state index contributed by atoms with van der Waals surface area (Å²) in [5.74, 6) is 1.16. The highest BCUT2D eigenvalue weighted by Crippen LogP contribution is 2.52. The molecule has 0 N–H and O–H groups in total. The summed E-state index contributed by atoms with van der Waals surface area (Å²) in [5.41, 5.74) is 3.73. The van der Waals surface area contributed by atoms with E-state index in [1.807, 2.05) is 18.2 Å². The predicted molar refractivity (Wildman–Crippen MR) is 146 cm³/mol. The number of hydrogen-bond acceptors (Lipinski definition) is 2. The van der Waals surface area contributed by atoms with Crippen LogP contribution in [0.15, 0.2) is 36.4 Å². The Morgan fingerprint density at radius 3 is 2.63 bits per heavy atom. The van der Waals surface area contributed by atoms with Gasteiger partial charge in [-0.2, -0.15) is 0 Å². The first kappa shape index (κ1) is 26.5. The normalized spacial score (nSPS) is 24.3. The minimum Gasteiger partial charge on any atom is -0.377 e. The summed E-state index contributed by atoms with van der Waals surface area (Å²) < 4.78 is 5.87. The van der Waals surface area contributed by atoms with Gasteiger partial charge in [-0.25, -0.2) is 0 Å². The third-order valence-corrected chi connectivity index (χ3v) is 9.01. The molecule has 2 aromatic rings. The fourth-order valence-corrected chi connectivity index (χ4v) is 7.26. The van der Waals surface area contributed by atoms with Crippen LogP contribution in [-0.4, -0.2) is 30.5 Å². The molecule has 0 saturated heterocycles. The van der Waals surface area contributed by atoms with Gasteiger partial charge in [0.15, 0.2) is 0 Å². The van der Waals surface area contributed by atoms with E-state index in [1.165, 1.54) is 18.4 Å². The second-order valence-corrected chi connectivity index (χ2v) is 11.8. The van der Waals surface area contributed by atoms with Crippen molar-refractivity contribution >= 4 is 29.1 Å². The molecular weight excluding hydrogens is 477 g/mol. The molecular formula is C30H39Cl2NO2. The summed E-state index contributed by atoms with van der Waals surface area (Å²) in [5, 5.41) is 1.25. The van der Waals surface area contributed by atoms with Crippen molar-refractivity contribution in [1.29, 1.82) is 0 Å². The lowest BCUT2D eigenvalue weighted by Crippen LogP contribution is -2.45. The average molecular weight is 517 g/mol. The average Bonchev–Trinajstić information content (AvgIpc) is 2.90. The second-order valence-electron chi connectivity index (χ2n) is 11.1. The van der Waals surface area contributed by atoms with Crippen molar-refractivity contribution in [3.8, 4) is 0 Å². The van der Waals surface area contributed by atoms with Crippen LogP contribution < -0.4 is 0 Å². The molecule has 1 aliphatic carbocycles. The van der Waals surface area contributed by atoms with E-state index in [4.69, 9.17) is 27.9 Å². The van der Waals surface area contributed by atoms with Crippen molar-refractivity contribution in [2.45, 2.75) is 77.7 Å². The molecule has 1 fully saturated rings. The quantitative estimate of drug-likeness (QED) is 0.331. The van der Waals surface area contributed by atoms with Gasteiger partial charge in [-0.1, -0.05) is 94.1 Å². The van der Waals surface area contributed by atoms with Crippen LogP contribution in [0.2, 0.25) is 10.0 Å². The van der Waals surface area contributed by atoms with Crippen LogP contribution in [0.3, 0.4) is 0 Å². The third kappa shape index (κ3) is 5.43. The number of hydrogen-bond donors (Lipinski definition) is 0. The Morgan fingerprint density at radius 2 is 1.91 bits per heavy atom. The number of carbonyl (C=O) groups excluding carboxylic acids is 1. The lowest BCUT2D eigenvalue weighted by atomic mass is 9.59. The van der Waals surface area contributed by atoms with Crippen molar-refractivity contribution < 1.29 is 9.53 Å². The second kappa shape index (κ2) is 11.2. The van der Waals surface area contributed by atoms with E-state index < -0.39 is 0 Å². The van der Waals surface area contributed by atoms with Crippen LogP contribution >= 0.6 is 23.2 Å². The smallest absolute Gasteiger partial charge is 0.255 e. The Bertz CT molecular complexity index is 1040. The van der Waals surface area contributed by atoms with E-state index in [0.717, 1.165) is 43.5 Å². The number of nitrogens with zero attached hydrogens (tertiary/aromatic N) is 1. The minimum absolute atomic E-state index is 0.0663. The van der Waals surface area contributed by atoms with Gasteiger partial charge in [0.1, 0.15) is 0 Å². The molecule has 1 heterocycles. The molecule has 2 aromatic carbocycles. The number of benzene rings is 2. The molecule has 3 nitrogen and oxygen atoms in total. The third-order valence-electron chi connectivity index (χ3n) is 8.30. The maximum atomic E-state index is 14.0. The summed E-state index contributed by atoms with van der Waals surface area (Å²) >= 11 is 13.8. The van der Waals surface area contributed by atoms with Gasteiger partial charge in [-0.05, 0) is 65.2 Å². The fraction of sp³-hybridized carbons (Fsp3) is 0.567. The molecule has 2 aliphatic rings. The maximum absolute atomic E-state index is 14.0. The van der Waals surface area contributed by atoms with Crippen molar-refractivity contribution in [3.63, 3.8) is 0 Å². The van der Waals surface area contributed by atoms with Gasteiger partial charge in [-0.3, -0.25) is 4.79 Å². The highest BCUT2D eigenvalue weighted by Gasteiger charge is 2.48. The van der Waals surface area contributed by atoms with Crippen molar-refractivity contribution in [2.24, 2.45) is 11.8 Å². The monoisotopic (exact) mass is 515 g/mol. The summed E-state index contributed by atoms with van der Waals surface area (Å²) in [4.78, 5) is 16.1. The number of halogens is 2. The van der Waals surface area contributed by atoms with Gasteiger partial charge < -0.3 is 9.64 Å². The lowest BCUT2D eigenvalue weighted by molar-refractivity contribution is 0.0611. The number of rotatable bonds is 8. The van der Waals surface area contributed by atoms with Crippen molar-refractivity contribution in [3.05, 3.63) is 68.7 Å². The van der Waals surface area contributed by atoms with Gasteiger partial charge in [0.2, 0.25) is 0 Å². The van der Waals surface area contributed by atoms with Crippen molar-refractivity contribution in [2.75, 3.05) is 19.7 Å². The molecule has 3 unspecified atom stereocenters. The van der Waals surface area contributed by atoms with Crippen molar-refractivity contribution in [1.82, 2.24) is 4.90 Å². The topological polar surface area (TPSA) is 29.5 Å². The van der Waals surface area contributed by atoms with Gasteiger partial charge in [-0.15, -0.1) is 0 Å². The van der Waals surface area contributed by atoms with Gasteiger partial charge in [0.05, 0.1) is 17.2 Å². The molecule has 0 radical (unpaired) electrons. The standard InChI is InChI=1S/C30H39Cl2NO2/c1-20(2)26-25(31)17-23-27(28(26)32)29(34)33(18-24-21(3)11-10-14-30(23,24)4)15-8-9-16-35-19-22-12-6-5-7-13-22/h5-7,12-13,17,20-21,24H,8-11,14-16,18-19H2,1-4H3. The molecule has 1 aliphatic heterocycles. The molecule has 0 bridgehead atoms. The Kier molecular flexibility index (Phi) is 8.51. The lowest BCUT2D eigenvalue weighted by Gasteiger charge is -2.46. The molecule has 4 rings (SSSR count).